The number of benzene rings is 1. The van der Waals surface area contributed by atoms with Crippen LogP contribution in [0.2, 0.25) is 0 Å². The molecule has 1 rings (SSSR count). The van der Waals surface area contributed by atoms with E-state index < -0.39 is 5.51 Å². The molecule has 1 aromatic rings. The highest BCUT2D eigenvalue weighted by molar-refractivity contribution is 9.10. The molecule has 1 aromatic carbocycles. The van der Waals surface area contributed by atoms with E-state index in [9.17, 15) is 13.2 Å². The molecule has 2 nitrogen and oxygen atoms in total. The van der Waals surface area contributed by atoms with Crippen LogP contribution in [0.15, 0.2) is 22.7 Å². The highest BCUT2D eigenvalue weighted by Crippen LogP contribution is 2.30. The Labute approximate surface area is 129 Å². The Morgan fingerprint density at radius 3 is 2.65 bits per heavy atom. The van der Waals surface area contributed by atoms with Gasteiger partial charge in [0.2, 0.25) is 0 Å². The van der Waals surface area contributed by atoms with E-state index in [4.69, 9.17) is 4.74 Å². The van der Waals surface area contributed by atoms with Gasteiger partial charge in [0, 0.05) is 28.4 Å². The monoisotopic (exact) mass is 371 g/mol. The second-order valence-electron chi connectivity index (χ2n) is 4.43. The maximum absolute atomic E-state index is 12.0. The Morgan fingerprint density at radius 1 is 1.35 bits per heavy atom. The van der Waals surface area contributed by atoms with Crippen molar-refractivity contribution in [2.24, 2.45) is 0 Å². The summed E-state index contributed by atoms with van der Waals surface area (Å²) in [5, 5.41) is 3.26. The number of hydrogen-bond acceptors (Lipinski definition) is 3. The third-order valence-electron chi connectivity index (χ3n) is 2.33. The largest absolute Gasteiger partial charge is 0.492 e. The van der Waals surface area contributed by atoms with Crippen molar-refractivity contribution in [1.82, 2.24) is 5.32 Å². The smallest absolute Gasteiger partial charge is 0.441 e. The second kappa shape index (κ2) is 8.14. The summed E-state index contributed by atoms with van der Waals surface area (Å²) in [4.78, 5) is 0. The van der Waals surface area contributed by atoms with Crippen LogP contribution < -0.4 is 10.1 Å². The Bertz CT molecular complexity index is 427. The zero-order valence-corrected chi connectivity index (χ0v) is 13.7. The highest BCUT2D eigenvalue weighted by Gasteiger charge is 2.27. The predicted octanol–water partition coefficient (Wildman–Crippen LogP) is 4.58. The molecule has 0 bridgehead atoms. The number of alkyl halides is 3. The summed E-state index contributed by atoms with van der Waals surface area (Å²) in [6, 6.07) is 5.80. The Kier molecular flexibility index (Phi) is 7.19. The van der Waals surface area contributed by atoms with Crippen molar-refractivity contribution >= 4 is 27.7 Å². The molecule has 0 fully saturated rings. The van der Waals surface area contributed by atoms with Crippen molar-refractivity contribution in [2.45, 2.75) is 31.9 Å². The zero-order valence-electron chi connectivity index (χ0n) is 11.3. The first-order valence-corrected chi connectivity index (χ1v) is 7.91. The molecule has 20 heavy (non-hydrogen) atoms. The summed E-state index contributed by atoms with van der Waals surface area (Å²) in [6.07, 6.45) is 0. The van der Waals surface area contributed by atoms with Crippen LogP contribution in [0, 0.1) is 0 Å². The normalized spacial score (nSPS) is 11.9. The van der Waals surface area contributed by atoms with Gasteiger partial charge in [0.1, 0.15) is 5.75 Å². The number of nitrogens with one attached hydrogen (secondary N) is 1. The number of halogens is 4. The molecule has 1 N–H and O–H groups in total. The standard InChI is InChI=1S/C13H17BrF3NOS/c1-9(2)18-8-10-7-11(14)3-4-12(10)19-5-6-20-13(15,16)17/h3-4,7,9,18H,5-6,8H2,1-2H3. The maximum Gasteiger partial charge on any atom is 0.441 e. The molecule has 0 aliphatic heterocycles. The van der Waals surface area contributed by atoms with Crippen molar-refractivity contribution in [1.29, 1.82) is 0 Å². The fraction of sp³-hybridized carbons (Fsp3) is 0.538. The van der Waals surface area contributed by atoms with Gasteiger partial charge in [-0.2, -0.15) is 13.2 Å². The summed E-state index contributed by atoms with van der Waals surface area (Å²) < 4.78 is 42.4. The van der Waals surface area contributed by atoms with E-state index in [1.165, 1.54) is 0 Å². The maximum atomic E-state index is 12.0. The van der Waals surface area contributed by atoms with E-state index in [0.717, 1.165) is 10.0 Å². The van der Waals surface area contributed by atoms with Gasteiger partial charge in [0.15, 0.2) is 0 Å². The summed E-state index contributed by atoms with van der Waals surface area (Å²) in [7, 11) is 0. The number of rotatable bonds is 7. The molecule has 0 aromatic heterocycles. The van der Waals surface area contributed by atoms with Gasteiger partial charge >= 0.3 is 5.51 Å². The van der Waals surface area contributed by atoms with Gasteiger partial charge in [0.05, 0.1) is 6.61 Å². The topological polar surface area (TPSA) is 21.3 Å². The lowest BCUT2D eigenvalue weighted by atomic mass is 10.2. The van der Waals surface area contributed by atoms with Gasteiger partial charge in [-0.25, -0.2) is 0 Å². The molecule has 114 valence electrons. The molecule has 0 saturated carbocycles. The van der Waals surface area contributed by atoms with Crippen molar-refractivity contribution < 1.29 is 17.9 Å². The first-order valence-electron chi connectivity index (χ1n) is 6.13. The fourth-order valence-corrected chi connectivity index (χ4v) is 2.26. The first kappa shape index (κ1) is 17.7. The Morgan fingerprint density at radius 2 is 2.05 bits per heavy atom. The molecule has 0 radical (unpaired) electrons. The van der Waals surface area contributed by atoms with Gasteiger partial charge in [-0.15, -0.1) is 0 Å². The summed E-state index contributed by atoms with van der Waals surface area (Å²) in [6.45, 7) is 4.69. The van der Waals surface area contributed by atoms with E-state index in [1.807, 2.05) is 26.0 Å². The molecular formula is C13H17BrF3NOS. The molecule has 0 aliphatic carbocycles. The lowest BCUT2D eigenvalue weighted by Gasteiger charge is -2.14. The molecule has 0 amide bonds. The molecular weight excluding hydrogens is 355 g/mol. The number of hydrogen-bond donors (Lipinski definition) is 1. The van der Waals surface area contributed by atoms with E-state index >= 15 is 0 Å². The van der Waals surface area contributed by atoms with Crippen molar-refractivity contribution in [2.75, 3.05) is 12.4 Å². The predicted molar refractivity (Wildman–Crippen MR) is 80.1 cm³/mol. The summed E-state index contributed by atoms with van der Waals surface area (Å²) in [5.41, 5.74) is -3.28. The van der Waals surface area contributed by atoms with Crippen LogP contribution in [0.4, 0.5) is 13.2 Å². The minimum absolute atomic E-state index is 0.0283. The van der Waals surface area contributed by atoms with Crippen LogP contribution in [0.5, 0.6) is 5.75 Å². The van der Waals surface area contributed by atoms with Crippen LogP contribution in [-0.2, 0) is 6.54 Å². The number of ether oxygens (including phenoxy) is 1. The van der Waals surface area contributed by atoms with Crippen molar-refractivity contribution in [3.05, 3.63) is 28.2 Å². The molecule has 0 heterocycles. The van der Waals surface area contributed by atoms with E-state index in [1.54, 1.807) is 6.07 Å². The second-order valence-corrected chi connectivity index (χ2v) is 6.51. The average Bonchev–Trinajstić information content (AvgIpc) is 2.32. The van der Waals surface area contributed by atoms with Crippen LogP contribution in [0.25, 0.3) is 0 Å². The third kappa shape index (κ3) is 7.40. The summed E-state index contributed by atoms with van der Waals surface area (Å²) in [5.74, 6) is 0.500. The first-order chi connectivity index (χ1) is 9.28. The molecule has 0 unspecified atom stereocenters. The van der Waals surface area contributed by atoms with Crippen LogP contribution >= 0.6 is 27.7 Å². The van der Waals surface area contributed by atoms with Crippen LogP contribution in [0.1, 0.15) is 19.4 Å². The zero-order chi connectivity index (χ0) is 15.2. The van der Waals surface area contributed by atoms with Gasteiger partial charge in [0.25, 0.3) is 0 Å². The van der Waals surface area contributed by atoms with E-state index in [2.05, 4.69) is 21.2 Å². The van der Waals surface area contributed by atoms with Crippen LogP contribution in [0.3, 0.4) is 0 Å². The van der Waals surface area contributed by atoms with Gasteiger partial charge < -0.3 is 10.1 Å². The lowest BCUT2D eigenvalue weighted by Crippen LogP contribution is -2.22. The minimum atomic E-state index is -4.20. The van der Waals surface area contributed by atoms with Crippen molar-refractivity contribution in [3.8, 4) is 5.75 Å². The molecule has 0 saturated heterocycles. The van der Waals surface area contributed by atoms with Gasteiger partial charge in [-0.1, -0.05) is 29.8 Å². The molecule has 0 atom stereocenters. The Hall–Kier alpha value is -0.400. The quantitative estimate of drug-likeness (QED) is 0.708. The van der Waals surface area contributed by atoms with E-state index in [0.29, 0.717) is 18.3 Å². The lowest BCUT2D eigenvalue weighted by molar-refractivity contribution is -0.0329. The Balaban J connectivity index is 2.55. The van der Waals surface area contributed by atoms with E-state index in [-0.39, 0.29) is 24.1 Å². The summed E-state index contributed by atoms with van der Waals surface area (Å²) >= 11 is 3.31. The van der Waals surface area contributed by atoms with Crippen LogP contribution in [-0.4, -0.2) is 23.9 Å². The van der Waals surface area contributed by atoms with Crippen molar-refractivity contribution in [3.63, 3.8) is 0 Å². The SMILES string of the molecule is CC(C)NCc1cc(Br)ccc1OCCSC(F)(F)F. The molecule has 0 aliphatic rings. The van der Waals surface area contributed by atoms with Gasteiger partial charge in [-0.05, 0) is 30.0 Å². The number of thioether (sulfide) groups is 1. The molecule has 0 spiro atoms. The third-order valence-corrected chi connectivity index (χ3v) is 3.52. The van der Waals surface area contributed by atoms with Gasteiger partial charge in [-0.3, -0.25) is 0 Å². The fourth-order valence-electron chi connectivity index (χ4n) is 1.45. The molecule has 7 heteroatoms. The highest BCUT2D eigenvalue weighted by atomic mass is 79.9. The minimum Gasteiger partial charge on any atom is -0.492 e. The average molecular weight is 372 g/mol.